The molecule has 2 aliphatic rings. The molecule has 9 heteroatoms. The van der Waals surface area contributed by atoms with Crippen molar-refractivity contribution < 1.29 is 27.5 Å². The van der Waals surface area contributed by atoms with Crippen molar-refractivity contribution in [3.05, 3.63) is 29.8 Å². The summed E-state index contributed by atoms with van der Waals surface area (Å²) >= 11 is 0. The van der Waals surface area contributed by atoms with Gasteiger partial charge >= 0.3 is 0 Å². The Bertz CT molecular complexity index is 730. The van der Waals surface area contributed by atoms with E-state index in [1.165, 1.54) is 38.4 Å². The van der Waals surface area contributed by atoms with E-state index in [-0.39, 0.29) is 23.1 Å². The van der Waals surface area contributed by atoms with Gasteiger partial charge in [0, 0.05) is 19.2 Å². The Morgan fingerprint density at radius 3 is 2.46 bits per heavy atom. The number of carbonyl (C=O) groups is 1. The number of hydrogen-bond donors (Lipinski definition) is 0. The molecule has 0 aromatic heterocycles. The van der Waals surface area contributed by atoms with Gasteiger partial charge in [0.05, 0.1) is 31.3 Å². The number of rotatable bonds is 5. The molecular weight excluding hydrogens is 360 g/mol. The van der Waals surface area contributed by atoms with Crippen molar-refractivity contribution in [2.24, 2.45) is 0 Å². The smallest absolute Gasteiger partial charge is 0.264 e. The summed E-state index contributed by atoms with van der Waals surface area (Å²) in [6.45, 7) is 1.73. The normalized spacial score (nSPS) is 22.1. The Morgan fingerprint density at radius 2 is 1.85 bits per heavy atom. The SMILES string of the molecule is CON(C)S(=O)(=O)c1ccc(C(=O)N2CCCCC2C2OCCO2)cc1. The molecule has 1 aromatic carbocycles. The van der Waals surface area contributed by atoms with Crippen molar-refractivity contribution >= 4 is 15.9 Å². The van der Waals surface area contributed by atoms with Crippen molar-refractivity contribution in [2.75, 3.05) is 33.9 Å². The van der Waals surface area contributed by atoms with Crippen molar-refractivity contribution in [1.29, 1.82) is 0 Å². The van der Waals surface area contributed by atoms with Gasteiger partial charge in [-0.3, -0.25) is 9.63 Å². The third kappa shape index (κ3) is 3.77. The fourth-order valence-electron chi connectivity index (χ4n) is 3.27. The minimum absolute atomic E-state index is 0.0658. The van der Waals surface area contributed by atoms with E-state index < -0.39 is 10.0 Å². The van der Waals surface area contributed by atoms with Gasteiger partial charge in [0.15, 0.2) is 6.29 Å². The molecule has 8 nitrogen and oxygen atoms in total. The number of piperidine rings is 1. The molecule has 3 rings (SSSR count). The number of likely N-dealkylation sites (tertiary alicyclic amines) is 1. The first-order valence-electron chi connectivity index (χ1n) is 8.62. The number of sulfonamides is 1. The predicted molar refractivity (Wildman–Crippen MR) is 92.8 cm³/mol. The molecule has 1 atom stereocenters. The average Bonchev–Trinajstić information content (AvgIpc) is 3.21. The maximum atomic E-state index is 12.9. The van der Waals surface area contributed by atoms with E-state index >= 15 is 0 Å². The molecule has 0 spiro atoms. The zero-order chi connectivity index (χ0) is 18.7. The summed E-state index contributed by atoms with van der Waals surface area (Å²) in [6, 6.07) is 5.78. The van der Waals surface area contributed by atoms with Crippen LogP contribution in [0.5, 0.6) is 0 Å². The molecular formula is C17H24N2O6S. The van der Waals surface area contributed by atoms with Crippen LogP contribution in [0.2, 0.25) is 0 Å². The number of amides is 1. The Labute approximate surface area is 153 Å². The van der Waals surface area contributed by atoms with Crippen LogP contribution in [-0.2, 0) is 24.3 Å². The minimum atomic E-state index is -3.73. The molecule has 1 amide bonds. The van der Waals surface area contributed by atoms with Gasteiger partial charge in [0.25, 0.3) is 15.9 Å². The van der Waals surface area contributed by atoms with Gasteiger partial charge in [-0.15, -0.1) is 0 Å². The first-order valence-corrected chi connectivity index (χ1v) is 10.1. The average molecular weight is 384 g/mol. The molecule has 0 bridgehead atoms. The largest absolute Gasteiger partial charge is 0.348 e. The van der Waals surface area contributed by atoms with Crippen LogP contribution in [0, 0.1) is 0 Å². The number of benzene rings is 1. The van der Waals surface area contributed by atoms with Crippen LogP contribution in [0.1, 0.15) is 29.6 Å². The molecule has 0 saturated carbocycles. The second-order valence-corrected chi connectivity index (χ2v) is 8.23. The Morgan fingerprint density at radius 1 is 1.19 bits per heavy atom. The van der Waals surface area contributed by atoms with Crippen LogP contribution in [-0.4, -0.2) is 69.9 Å². The summed E-state index contributed by atoms with van der Waals surface area (Å²) in [4.78, 5) is 19.6. The number of ether oxygens (including phenoxy) is 2. The zero-order valence-electron chi connectivity index (χ0n) is 15.0. The van der Waals surface area contributed by atoms with Gasteiger partial charge in [-0.1, -0.05) is 4.47 Å². The summed E-state index contributed by atoms with van der Waals surface area (Å²) in [6.07, 6.45) is 2.41. The molecule has 2 aliphatic heterocycles. The highest BCUT2D eigenvalue weighted by Crippen LogP contribution is 2.26. The molecule has 0 N–H and O–H groups in total. The van der Waals surface area contributed by atoms with E-state index in [0.717, 1.165) is 23.7 Å². The fourth-order valence-corrected chi connectivity index (χ4v) is 4.25. The molecule has 0 aliphatic carbocycles. The summed E-state index contributed by atoms with van der Waals surface area (Å²) in [5.41, 5.74) is 0.439. The lowest BCUT2D eigenvalue weighted by atomic mass is 10.00. The van der Waals surface area contributed by atoms with Crippen LogP contribution in [0.25, 0.3) is 0 Å². The summed E-state index contributed by atoms with van der Waals surface area (Å²) in [7, 11) is -1.14. The summed E-state index contributed by atoms with van der Waals surface area (Å²) < 4.78 is 36.5. The highest BCUT2D eigenvalue weighted by Gasteiger charge is 2.36. The maximum Gasteiger partial charge on any atom is 0.264 e. The van der Waals surface area contributed by atoms with Crippen LogP contribution in [0.3, 0.4) is 0 Å². The molecule has 144 valence electrons. The molecule has 26 heavy (non-hydrogen) atoms. The lowest BCUT2D eigenvalue weighted by Gasteiger charge is -2.38. The van der Waals surface area contributed by atoms with Crippen molar-refractivity contribution in [2.45, 2.75) is 36.5 Å². The molecule has 2 fully saturated rings. The van der Waals surface area contributed by atoms with Crippen molar-refractivity contribution in [3.8, 4) is 0 Å². The van der Waals surface area contributed by atoms with Gasteiger partial charge in [0.2, 0.25) is 0 Å². The third-order valence-corrected chi connectivity index (χ3v) is 6.46. The Balaban J connectivity index is 1.78. The van der Waals surface area contributed by atoms with E-state index in [2.05, 4.69) is 0 Å². The second kappa shape index (κ2) is 8.01. The van der Waals surface area contributed by atoms with Gasteiger partial charge in [-0.2, -0.15) is 0 Å². The van der Waals surface area contributed by atoms with E-state index in [1.54, 1.807) is 4.90 Å². The highest BCUT2D eigenvalue weighted by atomic mass is 32.2. The molecule has 2 heterocycles. The number of hydrogen-bond acceptors (Lipinski definition) is 6. The topological polar surface area (TPSA) is 85.4 Å². The highest BCUT2D eigenvalue weighted by molar-refractivity contribution is 7.89. The van der Waals surface area contributed by atoms with E-state index in [4.69, 9.17) is 14.3 Å². The van der Waals surface area contributed by atoms with Gasteiger partial charge in [-0.25, -0.2) is 8.42 Å². The van der Waals surface area contributed by atoms with Crippen molar-refractivity contribution in [1.82, 2.24) is 9.37 Å². The summed E-state index contributed by atoms with van der Waals surface area (Å²) in [5.74, 6) is -0.141. The Kier molecular flexibility index (Phi) is 5.93. The van der Waals surface area contributed by atoms with E-state index in [0.29, 0.717) is 25.3 Å². The monoisotopic (exact) mass is 384 g/mol. The lowest BCUT2D eigenvalue weighted by Crippen LogP contribution is -2.50. The van der Waals surface area contributed by atoms with Crippen LogP contribution in [0.15, 0.2) is 29.2 Å². The first-order chi connectivity index (χ1) is 12.4. The van der Waals surface area contributed by atoms with E-state index in [1.807, 2.05) is 0 Å². The predicted octanol–water partition coefficient (Wildman–Crippen LogP) is 1.24. The van der Waals surface area contributed by atoms with Gasteiger partial charge < -0.3 is 14.4 Å². The quantitative estimate of drug-likeness (QED) is 0.710. The van der Waals surface area contributed by atoms with Crippen LogP contribution < -0.4 is 0 Å². The van der Waals surface area contributed by atoms with Crippen LogP contribution in [0.4, 0.5) is 0 Å². The zero-order valence-corrected chi connectivity index (χ0v) is 15.8. The standard InChI is InChI=1S/C17H24N2O6S/c1-18(23-2)26(21,22)14-8-6-13(7-9-14)16(20)19-10-4-3-5-15(19)17-24-11-12-25-17/h6-9,15,17H,3-5,10-12H2,1-2H3. The molecule has 1 unspecified atom stereocenters. The third-order valence-electron chi connectivity index (χ3n) is 4.77. The maximum absolute atomic E-state index is 12.9. The van der Waals surface area contributed by atoms with Crippen LogP contribution >= 0.6 is 0 Å². The first kappa shape index (κ1) is 19.2. The summed E-state index contributed by atoms with van der Waals surface area (Å²) in [5, 5.41) is 0. The van der Waals surface area contributed by atoms with Crippen molar-refractivity contribution in [3.63, 3.8) is 0 Å². The lowest BCUT2D eigenvalue weighted by molar-refractivity contribution is -0.100. The molecule has 0 radical (unpaired) electrons. The number of hydroxylamine groups is 1. The fraction of sp³-hybridized carbons (Fsp3) is 0.588. The van der Waals surface area contributed by atoms with E-state index in [9.17, 15) is 13.2 Å². The Hall–Kier alpha value is -1.52. The molecule has 2 saturated heterocycles. The van der Waals surface area contributed by atoms with Gasteiger partial charge in [-0.05, 0) is 43.5 Å². The number of carbonyl (C=O) groups excluding carboxylic acids is 1. The van der Waals surface area contributed by atoms with Gasteiger partial charge in [0.1, 0.15) is 0 Å². The molecule has 1 aromatic rings. The second-order valence-electron chi connectivity index (χ2n) is 6.29. The minimum Gasteiger partial charge on any atom is -0.348 e. The number of nitrogens with zero attached hydrogens (tertiary/aromatic N) is 2.